The number of sulfone groups is 1. The fourth-order valence-electron chi connectivity index (χ4n) is 4.75. The summed E-state index contributed by atoms with van der Waals surface area (Å²) in [5.74, 6) is -2.11. The van der Waals surface area contributed by atoms with Crippen LogP contribution in [0, 0.1) is 6.92 Å². The first-order chi connectivity index (χ1) is 22.5. The van der Waals surface area contributed by atoms with E-state index >= 15 is 0 Å². The van der Waals surface area contributed by atoms with Crippen LogP contribution in [-0.4, -0.2) is 94.5 Å². The third kappa shape index (κ3) is 16.2. The SMILES string of the molecule is CCOC.CO.COCc1ccccc1.Cc1ccccc1-c1cc(CN2CCCC2)ccc1C(=O)NC(CCS(C)(=O)=O)C(=O)O. The number of carboxylic acids is 1. The number of aliphatic hydroxyl groups is 1. The van der Waals surface area contributed by atoms with Crippen molar-refractivity contribution >= 4 is 21.7 Å². The average molecular weight is 673 g/mol. The van der Waals surface area contributed by atoms with Crippen molar-refractivity contribution in [2.75, 3.05) is 53.0 Å². The van der Waals surface area contributed by atoms with Crippen LogP contribution in [0.1, 0.15) is 53.2 Å². The van der Waals surface area contributed by atoms with Gasteiger partial charge in [-0.05, 0) is 86.1 Å². The molecule has 0 spiro atoms. The number of rotatable bonds is 12. The molecule has 1 heterocycles. The van der Waals surface area contributed by atoms with Crippen molar-refractivity contribution in [2.45, 2.75) is 52.3 Å². The zero-order valence-corrected chi connectivity index (χ0v) is 29.4. The molecule has 10 nitrogen and oxygen atoms in total. The highest BCUT2D eigenvalue weighted by atomic mass is 32.2. The number of aliphatic carboxylic acids is 1. The highest BCUT2D eigenvalue weighted by Gasteiger charge is 2.24. The Bertz CT molecular complexity index is 1440. The van der Waals surface area contributed by atoms with Gasteiger partial charge in [-0.15, -0.1) is 0 Å². The summed E-state index contributed by atoms with van der Waals surface area (Å²) in [4.78, 5) is 27.1. The van der Waals surface area contributed by atoms with Crippen LogP contribution >= 0.6 is 0 Å². The van der Waals surface area contributed by atoms with Gasteiger partial charge in [0.25, 0.3) is 5.91 Å². The third-order valence-corrected chi connectivity index (χ3v) is 8.17. The molecule has 11 heteroatoms. The Morgan fingerprint density at radius 3 is 2.02 bits per heavy atom. The number of aliphatic hydroxyl groups excluding tert-OH is 1. The van der Waals surface area contributed by atoms with Crippen molar-refractivity contribution in [3.63, 3.8) is 0 Å². The van der Waals surface area contributed by atoms with Crippen molar-refractivity contribution in [3.05, 3.63) is 95.1 Å². The topological polar surface area (TPSA) is 142 Å². The van der Waals surface area contributed by atoms with E-state index in [9.17, 15) is 23.1 Å². The van der Waals surface area contributed by atoms with E-state index in [4.69, 9.17) is 9.84 Å². The molecular formula is C36H52N2O8S. The number of carbonyl (C=O) groups is 2. The first-order valence-corrected chi connectivity index (χ1v) is 17.6. The van der Waals surface area contributed by atoms with Gasteiger partial charge in [0.2, 0.25) is 0 Å². The molecule has 0 saturated carbocycles. The monoisotopic (exact) mass is 672 g/mol. The van der Waals surface area contributed by atoms with Crippen molar-refractivity contribution in [1.82, 2.24) is 10.2 Å². The van der Waals surface area contributed by atoms with Crippen LogP contribution in [0.2, 0.25) is 0 Å². The number of ether oxygens (including phenoxy) is 2. The molecular weight excluding hydrogens is 620 g/mol. The minimum atomic E-state index is -3.35. The molecule has 1 aliphatic rings. The second-order valence-electron chi connectivity index (χ2n) is 11.0. The zero-order valence-electron chi connectivity index (χ0n) is 28.6. The van der Waals surface area contributed by atoms with Crippen molar-refractivity contribution in [3.8, 4) is 11.1 Å². The number of likely N-dealkylation sites (tertiary alicyclic amines) is 1. The number of carboxylic acid groups (broad SMARTS) is 1. The quantitative estimate of drug-likeness (QED) is 0.243. The third-order valence-electron chi connectivity index (χ3n) is 7.19. The molecule has 3 N–H and O–H groups in total. The number of hydrogen-bond acceptors (Lipinski definition) is 8. The molecule has 1 amide bonds. The van der Waals surface area contributed by atoms with Crippen LogP contribution in [0.5, 0.6) is 0 Å². The van der Waals surface area contributed by atoms with E-state index in [1.165, 1.54) is 18.4 Å². The van der Waals surface area contributed by atoms with Crippen LogP contribution < -0.4 is 5.32 Å². The lowest BCUT2D eigenvalue weighted by molar-refractivity contribution is -0.139. The van der Waals surface area contributed by atoms with Crippen LogP contribution in [0.15, 0.2) is 72.8 Å². The maximum Gasteiger partial charge on any atom is 0.326 e. The van der Waals surface area contributed by atoms with Crippen LogP contribution in [0.4, 0.5) is 0 Å². The van der Waals surface area contributed by atoms with E-state index < -0.39 is 27.8 Å². The average Bonchev–Trinajstić information content (AvgIpc) is 3.58. The van der Waals surface area contributed by atoms with Gasteiger partial charge < -0.3 is 25.0 Å². The predicted molar refractivity (Wildman–Crippen MR) is 187 cm³/mol. The Hall–Kier alpha value is -3.61. The Labute approximate surface area is 280 Å². The maximum atomic E-state index is 13.1. The minimum absolute atomic E-state index is 0.188. The number of methoxy groups -OCH3 is 2. The van der Waals surface area contributed by atoms with Gasteiger partial charge in [0.15, 0.2) is 0 Å². The lowest BCUT2D eigenvalue weighted by Crippen LogP contribution is -2.42. The Balaban J connectivity index is 0.000000610. The van der Waals surface area contributed by atoms with Gasteiger partial charge in [0.1, 0.15) is 15.9 Å². The number of aryl methyl sites for hydroxylation is 1. The van der Waals surface area contributed by atoms with Crippen LogP contribution in [0.3, 0.4) is 0 Å². The van der Waals surface area contributed by atoms with E-state index in [1.54, 1.807) is 20.3 Å². The highest BCUT2D eigenvalue weighted by molar-refractivity contribution is 7.90. The van der Waals surface area contributed by atoms with E-state index in [0.717, 1.165) is 61.9 Å². The van der Waals surface area contributed by atoms with Gasteiger partial charge in [-0.2, -0.15) is 0 Å². The van der Waals surface area contributed by atoms with Crippen molar-refractivity contribution in [2.24, 2.45) is 0 Å². The van der Waals surface area contributed by atoms with Gasteiger partial charge in [0, 0.05) is 46.3 Å². The Kier molecular flexibility index (Phi) is 20.1. The summed E-state index contributed by atoms with van der Waals surface area (Å²) in [6, 6.07) is 22.2. The van der Waals surface area contributed by atoms with E-state index in [2.05, 4.69) is 15.0 Å². The van der Waals surface area contributed by atoms with Gasteiger partial charge >= 0.3 is 5.97 Å². The number of nitrogens with one attached hydrogen (secondary N) is 1. The minimum Gasteiger partial charge on any atom is -0.480 e. The Morgan fingerprint density at radius 2 is 1.49 bits per heavy atom. The lowest BCUT2D eigenvalue weighted by Gasteiger charge is -2.19. The first-order valence-electron chi connectivity index (χ1n) is 15.6. The maximum absolute atomic E-state index is 13.1. The Morgan fingerprint density at radius 1 is 0.894 bits per heavy atom. The first kappa shape index (κ1) is 41.4. The molecule has 1 aliphatic heterocycles. The molecule has 0 aromatic heterocycles. The molecule has 47 heavy (non-hydrogen) atoms. The molecule has 260 valence electrons. The normalized spacial score (nSPS) is 13.1. The molecule has 0 radical (unpaired) electrons. The molecule has 3 aromatic carbocycles. The second kappa shape index (κ2) is 22.8. The van der Waals surface area contributed by atoms with Gasteiger partial charge in [-0.25, -0.2) is 13.2 Å². The number of hydrogen-bond donors (Lipinski definition) is 3. The molecule has 0 aliphatic carbocycles. The smallest absolute Gasteiger partial charge is 0.326 e. The fraction of sp³-hybridized carbons (Fsp3) is 0.444. The molecule has 3 aromatic rings. The molecule has 1 fully saturated rings. The van der Waals surface area contributed by atoms with E-state index in [-0.39, 0.29) is 12.2 Å². The summed E-state index contributed by atoms with van der Waals surface area (Å²) in [5, 5.41) is 19.0. The summed E-state index contributed by atoms with van der Waals surface area (Å²) in [6.45, 7) is 8.37. The van der Waals surface area contributed by atoms with E-state index in [0.29, 0.717) is 12.2 Å². The largest absolute Gasteiger partial charge is 0.480 e. The van der Waals surface area contributed by atoms with Gasteiger partial charge in [-0.3, -0.25) is 9.69 Å². The summed E-state index contributed by atoms with van der Waals surface area (Å²) in [7, 11) is 1.04. The van der Waals surface area contributed by atoms with Crippen LogP contribution in [0.25, 0.3) is 11.1 Å². The lowest BCUT2D eigenvalue weighted by atomic mass is 9.93. The number of carbonyl (C=O) groups excluding carboxylic acids is 1. The molecule has 1 unspecified atom stereocenters. The van der Waals surface area contributed by atoms with Crippen molar-refractivity contribution in [1.29, 1.82) is 0 Å². The zero-order chi connectivity index (χ0) is 35.2. The predicted octanol–water partition coefficient (Wildman–Crippen LogP) is 4.97. The summed E-state index contributed by atoms with van der Waals surface area (Å²) in [5.41, 5.74) is 5.34. The molecule has 0 bridgehead atoms. The summed E-state index contributed by atoms with van der Waals surface area (Å²) < 4.78 is 32.4. The van der Waals surface area contributed by atoms with Gasteiger partial charge in [-0.1, -0.05) is 60.7 Å². The van der Waals surface area contributed by atoms with Crippen molar-refractivity contribution < 1.29 is 37.7 Å². The number of amides is 1. The molecule has 1 atom stereocenters. The van der Waals surface area contributed by atoms with E-state index in [1.807, 2.05) is 80.6 Å². The standard InChI is InChI=1S/C24H30N2O5S.C8H10O.C3H8O.CH4O/c1-17-7-3-4-8-19(17)21-15-18(16-26-12-5-6-13-26)9-10-20(21)23(27)25-22(24(28)29)11-14-32(2,30)31;1-9-7-8-5-3-2-4-6-8;1-3-4-2;1-2/h3-4,7-10,15,22H,5-6,11-14,16H2,1-2H3,(H,25,27)(H,28,29);2-6H,7H2,1H3;3H2,1-2H3;2H,1H3. The summed E-state index contributed by atoms with van der Waals surface area (Å²) in [6.07, 6.45) is 3.24. The second-order valence-corrected chi connectivity index (χ2v) is 13.2. The summed E-state index contributed by atoms with van der Waals surface area (Å²) >= 11 is 0. The highest BCUT2D eigenvalue weighted by Crippen LogP contribution is 2.29. The van der Waals surface area contributed by atoms with Crippen LogP contribution in [-0.2, 0) is 37.3 Å². The fourth-order valence-corrected chi connectivity index (χ4v) is 5.41. The number of nitrogens with zero attached hydrogens (tertiary/aromatic N) is 1. The van der Waals surface area contributed by atoms with Gasteiger partial charge in [0.05, 0.1) is 12.4 Å². The molecule has 1 saturated heterocycles. The number of benzene rings is 3. The molecule has 4 rings (SSSR count).